The van der Waals surface area contributed by atoms with E-state index in [1.807, 2.05) is 48.5 Å². The minimum Gasteiger partial charge on any atom is -0.616 e. The first-order chi connectivity index (χ1) is 36.1. The molecular formula is C66H60N6O2. The predicted octanol–water partition coefficient (Wildman–Crippen LogP) is 15.9. The van der Waals surface area contributed by atoms with Crippen molar-refractivity contribution in [3.63, 3.8) is 0 Å². The summed E-state index contributed by atoms with van der Waals surface area (Å²) in [7, 11) is 0. The lowest BCUT2D eigenvalue weighted by Crippen LogP contribution is -2.45. The predicted molar refractivity (Wildman–Crippen MR) is 302 cm³/mol. The smallest absolute Gasteiger partial charge is 0.152 e. The number of para-hydroxylation sites is 2. The fourth-order valence-electron chi connectivity index (χ4n) is 13.3. The van der Waals surface area contributed by atoms with Gasteiger partial charge in [0.2, 0.25) is 0 Å². The highest BCUT2D eigenvalue weighted by Gasteiger charge is 2.50. The number of rotatable bonds is 8. The van der Waals surface area contributed by atoms with E-state index in [-0.39, 0.29) is 36.5 Å². The molecule has 2 saturated heterocycles. The zero-order chi connectivity index (χ0) is 50.3. The van der Waals surface area contributed by atoms with E-state index in [9.17, 15) is 0 Å². The summed E-state index contributed by atoms with van der Waals surface area (Å²) in [6.07, 6.45) is 1.55. The van der Waals surface area contributed by atoms with Crippen molar-refractivity contribution in [2.24, 2.45) is 0 Å². The van der Waals surface area contributed by atoms with E-state index < -0.39 is 9.29 Å². The number of hydrogen-bond acceptors (Lipinski definition) is 6. The largest absolute Gasteiger partial charge is 0.616 e. The minimum atomic E-state index is -0.749. The average Bonchev–Trinajstić information content (AvgIpc) is 3.86. The molecule has 9 aromatic rings. The maximum Gasteiger partial charge on any atom is 0.152 e. The zero-order valence-electron chi connectivity index (χ0n) is 42.2. The van der Waals surface area contributed by atoms with Gasteiger partial charge in [0.05, 0.1) is 34.6 Å². The third-order valence-corrected chi connectivity index (χ3v) is 16.4. The number of hydrogen-bond donors (Lipinski definition) is 4. The molecule has 0 amide bonds. The fourth-order valence-corrected chi connectivity index (χ4v) is 13.3. The van der Waals surface area contributed by atoms with Gasteiger partial charge in [-0.25, -0.2) is 0 Å². The summed E-state index contributed by atoms with van der Waals surface area (Å²) in [6, 6.07) is 71.7. The molecule has 4 heterocycles. The van der Waals surface area contributed by atoms with E-state index >= 15 is 10.4 Å². The molecule has 0 radical (unpaired) electrons. The number of nitrogens with zero attached hydrogens (tertiary/aromatic N) is 2. The Morgan fingerprint density at radius 1 is 0.324 bits per heavy atom. The topological polar surface area (TPSA) is 94.2 Å². The monoisotopic (exact) mass is 968 g/mol. The Bertz CT molecular complexity index is 3210. The van der Waals surface area contributed by atoms with Crippen molar-refractivity contribution < 1.29 is 0 Å². The Kier molecular flexibility index (Phi) is 11.5. The molecule has 13 rings (SSSR count). The lowest BCUT2D eigenvalue weighted by atomic mass is 9.89. The molecule has 74 heavy (non-hydrogen) atoms. The molecule has 8 heteroatoms. The molecule has 0 aliphatic carbocycles. The van der Waals surface area contributed by atoms with Gasteiger partial charge in [0.1, 0.15) is 11.4 Å². The van der Waals surface area contributed by atoms with Crippen molar-refractivity contribution in [2.45, 2.75) is 77.0 Å². The Labute approximate surface area is 434 Å². The van der Waals surface area contributed by atoms with Crippen molar-refractivity contribution in [3.05, 3.63) is 272 Å². The third kappa shape index (κ3) is 7.44. The second kappa shape index (κ2) is 18.2. The molecule has 4 aliphatic heterocycles. The molecule has 0 aromatic heterocycles. The van der Waals surface area contributed by atoms with Crippen LogP contribution >= 0.6 is 0 Å². The molecule has 8 nitrogen and oxygen atoms in total. The van der Waals surface area contributed by atoms with E-state index in [4.69, 9.17) is 0 Å². The fraction of sp³-hybridized carbons (Fsp3) is 0.182. The van der Waals surface area contributed by atoms with Gasteiger partial charge in [-0.05, 0) is 110 Å². The van der Waals surface area contributed by atoms with Crippen LogP contribution in [0.5, 0.6) is 0 Å². The highest BCUT2D eigenvalue weighted by molar-refractivity contribution is 6.14. The van der Waals surface area contributed by atoms with Gasteiger partial charge in [-0.2, -0.15) is 0 Å². The lowest BCUT2D eigenvalue weighted by molar-refractivity contribution is 0.247. The summed E-state index contributed by atoms with van der Waals surface area (Å²) in [5.41, 5.74) is 18.3. The first kappa shape index (κ1) is 46.4. The van der Waals surface area contributed by atoms with Crippen LogP contribution in [0.3, 0.4) is 0 Å². The molecule has 366 valence electrons. The molecule has 4 aliphatic rings. The molecular weight excluding hydrogens is 909 g/mol. The molecule has 8 unspecified atom stereocenters. The van der Waals surface area contributed by atoms with Crippen LogP contribution in [0, 0.1) is 38.1 Å². The van der Waals surface area contributed by atoms with Gasteiger partial charge in [0.25, 0.3) is 0 Å². The van der Waals surface area contributed by atoms with E-state index in [1.165, 1.54) is 22.3 Å². The summed E-state index contributed by atoms with van der Waals surface area (Å²) in [5, 5.41) is 48.9. The van der Waals surface area contributed by atoms with Crippen molar-refractivity contribution in [2.75, 3.05) is 0 Å². The lowest BCUT2D eigenvalue weighted by Gasteiger charge is -2.42. The van der Waals surface area contributed by atoms with E-state index in [0.29, 0.717) is 34.1 Å². The maximum atomic E-state index is 16.6. The van der Waals surface area contributed by atoms with Gasteiger partial charge in [-0.15, -0.1) is 0 Å². The van der Waals surface area contributed by atoms with E-state index in [1.54, 1.807) is 0 Å². The highest BCUT2D eigenvalue weighted by Crippen LogP contribution is 2.68. The van der Waals surface area contributed by atoms with Crippen LogP contribution in [0.25, 0.3) is 22.3 Å². The summed E-state index contributed by atoms with van der Waals surface area (Å²) >= 11 is 0. The molecule has 0 bridgehead atoms. The second-order valence-corrected chi connectivity index (χ2v) is 21.0. The number of quaternary nitrogens is 2. The van der Waals surface area contributed by atoms with Gasteiger partial charge < -0.3 is 10.4 Å². The summed E-state index contributed by atoms with van der Waals surface area (Å²) in [6.45, 7) is 8.37. The van der Waals surface area contributed by atoms with Crippen LogP contribution in [0.2, 0.25) is 0 Å². The highest BCUT2D eigenvalue weighted by atomic mass is 16.6. The van der Waals surface area contributed by atoms with Crippen LogP contribution in [-0.4, -0.2) is 0 Å². The van der Waals surface area contributed by atoms with Crippen LogP contribution in [-0.2, 0) is 0 Å². The van der Waals surface area contributed by atoms with Crippen molar-refractivity contribution in [1.82, 2.24) is 30.6 Å². The number of benzene rings is 9. The molecule has 2 fully saturated rings. The Hall–Kier alpha value is -7.34. The minimum absolute atomic E-state index is 0.0217. The normalized spacial score (nSPS) is 24.7. The van der Waals surface area contributed by atoms with Crippen LogP contribution in [0.1, 0.15) is 105 Å². The number of nitrogens with one attached hydrogen (secondary N) is 4. The first-order valence-electron chi connectivity index (χ1n) is 26.1. The Morgan fingerprint density at radius 2 is 0.608 bits per heavy atom. The Balaban J connectivity index is 0.899. The van der Waals surface area contributed by atoms with Crippen molar-refractivity contribution in [3.8, 4) is 22.3 Å². The molecule has 4 N–H and O–H groups in total. The quantitative estimate of drug-likeness (QED) is 0.0895. The van der Waals surface area contributed by atoms with E-state index in [0.717, 1.165) is 68.5 Å². The standard InChI is InChI=1S/C66H60N6O2/c1-41-35-49(55-39-53(45-21-9-5-10-22-45)67-65(69-55)47-25-13-7-14-26-47)36-42(2)63(41)71(73)57-31-19-17-29-51(57)61-59(71)33-34-60-62(61)52-30-18-20-32-58(52)72(60,74)64-43(3)37-50(38-44(64)4)56-40-54(46-23-11-6-12-24-46)68-66(70-56)48-27-15-8-16-28-48/h5-38,53-56,65-70H,39-40H2,1-4H3. The van der Waals surface area contributed by atoms with Crippen LogP contribution in [0.15, 0.2) is 206 Å². The van der Waals surface area contributed by atoms with Crippen molar-refractivity contribution >= 4 is 34.1 Å². The zero-order valence-corrected chi connectivity index (χ0v) is 42.2. The molecule has 8 atom stereocenters. The summed E-state index contributed by atoms with van der Waals surface area (Å²) < 4.78 is -1.50. The molecule has 9 aromatic carbocycles. The number of aryl methyl sites for hydroxylation is 4. The van der Waals surface area contributed by atoms with E-state index in [2.05, 4.69) is 207 Å². The van der Waals surface area contributed by atoms with Gasteiger partial charge >= 0.3 is 0 Å². The van der Waals surface area contributed by atoms with Crippen LogP contribution in [0.4, 0.5) is 34.1 Å². The molecule has 0 saturated carbocycles. The summed E-state index contributed by atoms with van der Waals surface area (Å²) in [4.78, 5) is 0. The Morgan fingerprint density at radius 3 is 0.946 bits per heavy atom. The molecule has 0 spiro atoms. The maximum absolute atomic E-state index is 16.6. The SMILES string of the molecule is Cc1cc(C2CC(c3ccccc3)NC(c3ccccc3)N2)cc(C)c1[N+]1([O-])c2ccccc2-c2c1ccc1c2-c2ccccc2[N+]1([O-])c1c(C)cc(C2CC(c3ccccc3)NC(c3ccccc3)N2)cc1C. The van der Waals surface area contributed by atoms with Gasteiger partial charge in [-0.1, -0.05) is 146 Å². The first-order valence-corrected chi connectivity index (χ1v) is 26.1. The number of fused-ring (bicyclic) bond motifs is 7. The van der Waals surface area contributed by atoms with Gasteiger partial charge in [0.15, 0.2) is 22.7 Å². The van der Waals surface area contributed by atoms with Crippen molar-refractivity contribution in [1.29, 1.82) is 0 Å². The van der Waals surface area contributed by atoms with Gasteiger partial charge in [-0.3, -0.25) is 30.6 Å². The summed E-state index contributed by atoms with van der Waals surface area (Å²) in [5.74, 6) is 0. The second-order valence-electron chi connectivity index (χ2n) is 21.0. The van der Waals surface area contributed by atoms with Gasteiger partial charge in [0, 0.05) is 70.7 Å². The third-order valence-electron chi connectivity index (χ3n) is 16.4. The van der Waals surface area contributed by atoms with Crippen LogP contribution < -0.4 is 30.6 Å². The average molecular weight is 969 g/mol.